The Kier molecular flexibility index (Phi) is 6.48. The molecule has 1 aromatic heterocycles. The monoisotopic (exact) mass is 393 g/mol. The van der Waals surface area contributed by atoms with E-state index in [0.717, 1.165) is 18.7 Å². The summed E-state index contributed by atoms with van der Waals surface area (Å²) in [4.78, 5) is 18.4. The minimum Gasteiger partial charge on any atom is -0.374 e. The number of nitrogens with one attached hydrogen (secondary N) is 1. The lowest BCUT2D eigenvalue weighted by molar-refractivity contribution is 0.0268. The second kappa shape index (κ2) is 8.82. The maximum atomic E-state index is 12.6. The van der Waals surface area contributed by atoms with Gasteiger partial charge >= 0.3 is 0 Å². The number of amides is 1. The number of benzene rings is 1. The van der Waals surface area contributed by atoms with Gasteiger partial charge in [0.05, 0.1) is 22.8 Å². The van der Waals surface area contributed by atoms with E-state index >= 15 is 0 Å². The molecule has 1 saturated heterocycles. The van der Waals surface area contributed by atoms with Gasteiger partial charge in [-0.1, -0.05) is 35.3 Å². The summed E-state index contributed by atoms with van der Waals surface area (Å²) >= 11 is 12.2. The van der Waals surface area contributed by atoms with Gasteiger partial charge in [0.25, 0.3) is 5.91 Å². The molecule has 0 aliphatic carbocycles. The van der Waals surface area contributed by atoms with Gasteiger partial charge in [-0.15, -0.1) is 0 Å². The molecule has 1 fully saturated rings. The summed E-state index contributed by atoms with van der Waals surface area (Å²) in [6.45, 7) is 2.57. The van der Waals surface area contributed by atoms with E-state index in [1.54, 1.807) is 42.4 Å². The summed E-state index contributed by atoms with van der Waals surface area (Å²) in [6.07, 6.45) is 1.46. The minimum absolute atomic E-state index is 0.0613. The van der Waals surface area contributed by atoms with Crippen LogP contribution in [0.25, 0.3) is 0 Å². The largest absolute Gasteiger partial charge is 0.374 e. The van der Waals surface area contributed by atoms with Crippen LogP contribution in [0, 0.1) is 0 Å². The zero-order valence-electron chi connectivity index (χ0n) is 14.5. The Bertz CT molecular complexity index is 758. The van der Waals surface area contributed by atoms with E-state index in [-0.39, 0.29) is 17.9 Å². The van der Waals surface area contributed by atoms with Crippen LogP contribution < -0.4 is 5.32 Å². The molecule has 1 aromatic carbocycles. The SMILES string of the molecule is CN(C[C@H]1OCCNC[C@H]1c1ccc(Cl)c(Cl)c1)C(=O)c1ccccn1. The first kappa shape index (κ1) is 19.1. The van der Waals surface area contributed by atoms with Crippen LogP contribution in [0.4, 0.5) is 0 Å². The predicted octanol–water partition coefficient (Wildman–Crippen LogP) is 3.23. The number of rotatable bonds is 4. The molecule has 0 saturated carbocycles. The number of hydrogen-bond donors (Lipinski definition) is 1. The van der Waals surface area contributed by atoms with Gasteiger partial charge in [-0.05, 0) is 29.8 Å². The first-order valence-corrected chi connectivity index (χ1v) is 9.25. The molecule has 26 heavy (non-hydrogen) atoms. The van der Waals surface area contributed by atoms with Gasteiger partial charge in [-0.2, -0.15) is 0 Å². The number of carbonyl (C=O) groups excluding carboxylic acids is 1. The van der Waals surface area contributed by atoms with Crippen molar-refractivity contribution >= 4 is 29.1 Å². The van der Waals surface area contributed by atoms with E-state index in [1.165, 1.54) is 0 Å². The summed E-state index contributed by atoms with van der Waals surface area (Å²) in [5, 5.41) is 4.42. The van der Waals surface area contributed by atoms with Crippen LogP contribution in [0.2, 0.25) is 10.0 Å². The molecule has 138 valence electrons. The lowest BCUT2D eigenvalue weighted by Crippen LogP contribution is -2.40. The lowest BCUT2D eigenvalue weighted by atomic mass is 9.92. The minimum atomic E-state index is -0.153. The van der Waals surface area contributed by atoms with Gasteiger partial charge in [0.1, 0.15) is 5.69 Å². The highest BCUT2D eigenvalue weighted by molar-refractivity contribution is 6.42. The number of pyridine rings is 1. The Balaban J connectivity index is 1.78. The van der Waals surface area contributed by atoms with Crippen molar-refractivity contribution in [1.82, 2.24) is 15.2 Å². The Labute approximate surface area is 163 Å². The fraction of sp³-hybridized carbons (Fsp3) is 0.368. The number of likely N-dealkylation sites (N-methyl/N-ethyl adjacent to an activating group) is 1. The average Bonchev–Trinajstić information content (AvgIpc) is 2.89. The molecule has 0 unspecified atom stereocenters. The van der Waals surface area contributed by atoms with Crippen LogP contribution in [-0.2, 0) is 4.74 Å². The summed E-state index contributed by atoms with van der Waals surface area (Å²) in [5.41, 5.74) is 1.46. The molecule has 5 nitrogen and oxygen atoms in total. The van der Waals surface area contributed by atoms with Gasteiger partial charge in [-0.25, -0.2) is 0 Å². The molecule has 1 amide bonds. The molecule has 1 aliphatic heterocycles. The molecule has 2 heterocycles. The van der Waals surface area contributed by atoms with Gasteiger partial charge < -0.3 is 15.0 Å². The van der Waals surface area contributed by atoms with Crippen molar-refractivity contribution in [2.45, 2.75) is 12.0 Å². The topological polar surface area (TPSA) is 54.5 Å². The smallest absolute Gasteiger partial charge is 0.272 e. The molecular formula is C19H21Cl2N3O2. The average molecular weight is 394 g/mol. The Morgan fingerprint density at radius 2 is 2.15 bits per heavy atom. The molecule has 1 aliphatic rings. The molecule has 0 radical (unpaired) electrons. The van der Waals surface area contributed by atoms with E-state index < -0.39 is 0 Å². The number of hydrogen-bond acceptors (Lipinski definition) is 4. The molecule has 1 N–H and O–H groups in total. The second-order valence-corrected chi connectivity index (χ2v) is 7.11. The van der Waals surface area contributed by atoms with Crippen LogP contribution >= 0.6 is 23.2 Å². The Morgan fingerprint density at radius 1 is 1.31 bits per heavy atom. The number of carbonyl (C=O) groups is 1. The van der Waals surface area contributed by atoms with Crippen LogP contribution in [0.1, 0.15) is 22.0 Å². The Morgan fingerprint density at radius 3 is 2.88 bits per heavy atom. The van der Waals surface area contributed by atoms with Crippen LogP contribution in [0.3, 0.4) is 0 Å². The van der Waals surface area contributed by atoms with E-state index in [1.807, 2.05) is 12.1 Å². The van der Waals surface area contributed by atoms with Crippen molar-refractivity contribution in [3.05, 3.63) is 63.9 Å². The molecular weight excluding hydrogens is 373 g/mol. The third kappa shape index (κ3) is 4.54. The zero-order valence-corrected chi connectivity index (χ0v) is 16.0. The lowest BCUT2D eigenvalue weighted by Gasteiger charge is -2.29. The van der Waals surface area contributed by atoms with Crippen LogP contribution in [-0.4, -0.2) is 55.2 Å². The van der Waals surface area contributed by atoms with Crippen molar-refractivity contribution < 1.29 is 9.53 Å². The number of aromatic nitrogens is 1. The van der Waals surface area contributed by atoms with Gasteiger partial charge in [0, 0.05) is 38.8 Å². The van der Waals surface area contributed by atoms with Crippen LogP contribution in [0.5, 0.6) is 0 Å². The van der Waals surface area contributed by atoms with Crippen molar-refractivity contribution in [2.24, 2.45) is 0 Å². The maximum Gasteiger partial charge on any atom is 0.272 e. The summed E-state index contributed by atoms with van der Waals surface area (Å²) < 4.78 is 6.04. The molecule has 7 heteroatoms. The fourth-order valence-corrected chi connectivity index (χ4v) is 3.39. The van der Waals surface area contributed by atoms with E-state index in [4.69, 9.17) is 27.9 Å². The molecule has 0 bridgehead atoms. The quantitative estimate of drug-likeness (QED) is 0.865. The first-order valence-electron chi connectivity index (χ1n) is 8.50. The maximum absolute atomic E-state index is 12.6. The third-order valence-corrected chi connectivity index (χ3v) is 5.22. The first-order chi connectivity index (χ1) is 12.6. The summed E-state index contributed by atoms with van der Waals surface area (Å²) in [6, 6.07) is 10.9. The van der Waals surface area contributed by atoms with Crippen LogP contribution in [0.15, 0.2) is 42.6 Å². The molecule has 0 spiro atoms. The number of halogens is 2. The highest BCUT2D eigenvalue weighted by atomic mass is 35.5. The summed E-state index contributed by atoms with van der Waals surface area (Å²) in [5.74, 6) is -0.0643. The van der Waals surface area contributed by atoms with E-state index in [2.05, 4.69) is 10.3 Å². The third-order valence-electron chi connectivity index (χ3n) is 4.48. The normalized spacial score (nSPS) is 20.4. The standard InChI is InChI=1S/C19H21Cl2N3O2/c1-24(19(25)17-4-2-3-7-23-17)12-18-14(11-22-8-9-26-18)13-5-6-15(20)16(21)10-13/h2-7,10,14,18,22H,8-9,11-12H2,1H3/t14-,18+/m0/s1. The fourth-order valence-electron chi connectivity index (χ4n) is 3.08. The molecule has 2 atom stereocenters. The van der Waals surface area contributed by atoms with Crippen molar-refractivity contribution in [2.75, 3.05) is 33.3 Å². The van der Waals surface area contributed by atoms with Gasteiger partial charge in [-0.3, -0.25) is 9.78 Å². The zero-order chi connectivity index (χ0) is 18.5. The van der Waals surface area contributed by atoms with Crippen molar-refractivity contribution in [1.29, 1.82) is 0 Å². The Hall–Kier alpha value is -1.66. The van der Waals surface area contributed by atoms with E-state index in [9.17, 15) is 4.79 Å². The highest BCUT2D eigenvalue weighted by Crippen LogP contribution is 2.30. The number of nitrogens with zero attached hydrogens (tertiary/aromatic N) is 2. The van der Waals surface area contributed by atoms with Crippen molar-refractivity contribution in [3.63, 3.8) is 0 Å². The molecule has 2 aromatic rings. The van der Waals surface area contributed by atoms with E-state index in [0.29, 0.717) is 28.9 Å². The molecule has 3 rings (SSSR count). The highest BCUT2D eigenvalue weighted by Gasteiger charge is 2.29. The second-order valence-electron chi connectivity index (χ2n) is 6.29. The van der Waals surface area contributed by atoms with Crippen molar-refractivity contribution in [3.8, 4) is 0 Å². The summed E-state index contributed by atoms with van der Waals surface area (Å²) in [7, 11) is 1.77. The van der Waals surface area contributed by atoms with Gasteiger partial charge in [0.2, 0.25) is 0 Å². The number of ether oxygens (including phenoxy) is 1. The predicted molar refractivity (Wildman–Crippen MR) is 103 cm³/mol. The van der Waals surface area contributed by atoms with Gasteiger partial charge in [0.15, 0.2) is 0 Å².